The first-order chi connectivity index (χ1) is 32.0. The minimum atomic E-state index is -2.47. The summed E-state index contributed by atoms with van der Waals surface area (Å²) in [5.74, 6) is -4.77. The average molecular weight is 927 g/mol. The lowest BCUT2D eigenvalue weighted by Gasteiger charge is -2.49. The summed E-state index contributed by atoms with van der Waals surface area (Å²) in [5.41, 5.74) is 16.6. The molecule has 6 aliphatic rings. The first-order valence-electron chi connectivity index (χ1n) is 21.7. The number of carbonyl (C=O) groups excluding carboxylic acids is 4. The molecule has 15 N–H and O–H groups in total. The van der Waals surface area contributed by atoms with Crippen molar-refractivity contribution in [2.75, 3.05) is 33.9 Å². The second-order valence-corrected chi connectivity index (χ2v) is 17.3. The number of fused-ring (bicyclic) bond motifs is 3. The summed E-state index contributed by atoms with van der Waals surface area (Å²) in [5, 5.41) is 78.5. The van der Waals surface area contributed by atoms with Crippen molar-refractivity contribution in [1.82, 2.24) is 20.9 Å². The van der Waals surface area contributed by atoms with E-state index in [1.54, 1.807) is 24.4 Å². The molecule has 0 spiro atoms. The van der Waals surface area contributed by atoms with Gasteiger partial charge in [0.1, 0.15) is 41.2 Å². The second-order valence-electron chi connectivity index (χ2n) is 17.3. The minimum Gasteiger partial charge on any atom is -0.507 e. The van der Waals surface area contributed by atoms with Crippen molar-refractivity contribution < 1.29 is 64.0 Å². The molecule has 21 nitrogen and oxygen atoms in total. The maximum Gasteiger partial charge on any atom is 0.253 e. The van der Waals surface area contributed by atoms with Crippen molar-refractivity contribution in [2.24, 2.45) is 28.1 Å². The number of imide groups is 1. The van der Waals surface area contributed by atoms with E-state index in [9.17, 15) is 45.0 Å². The van der Waals surface area contributed by atoms with Crippen LogP contribution in [0.5, 0.6) is 17.2 Å². The standard InChI is InChI=1S/C46H54N8O13/c1-50-45(49)53-27-5-4-22(11-20-3-6-31(47)52-16-20)24-13-25-37(40(60)35(24)27)41(61)38-29(14-28(65-2)26(18-55)36(38)39(25)59)66-44-42(62)43(63)46(64,30(19-56)67-44)15-23(21-9-10-51-32(48)12-21)17-54-33(57)7-8-34(54)58/h3,6-9,12-14,16,22-23,27,30-31,42-44,51-52,55-56,60,62-64H,4-5,10-11,15,17-19,47-48H2,1-2H3,(H3,49,50,53)/t22-,23-,27+,30-,31?,42-,43-,44-,46-/m1/s1. The fourth-order valence-corrected chi connectivity index (χ4v) is 9.92. The van der Waals surface area contributed by atoms with E-state index in [2.05, 4.69) is 20.9 Å². The Bertz CT molecular complexity index is 2570. The zero-order valence-electron chi connectivity index (χ0n) is 36.6. The first kappa shape index (κ1) is 46.9. The highest BCUT2D eigenvalue weighted by molar-refractivity contribution is 6.31. The Morgan fingerprint density at radius 1 is 1.06 bits per heavy atom. The predicted octanol–water partition coefficient (Wildman–Crippen LogP) is -1.35. The molecule has 1 saturated heterocycles. The lowest BCUT2D eigenvalue weighted by Crippen LogP contribution is -2.68. The molecule has 2 amide bonds. The van der Waals surface area contributed by atoms with Crippen LogP contribution in [0.25, 0.3) is 0 Å². The van der Waals surface area contributed by atoms with Crippen LogP contribution in [0.15, 0.2) is 76.7 Å². The minimum absolute atomic E-state index is 0.0709. The highest BCUT2D eigenvalue weighted by Crippen LogP contribution is 2.51. The second kappa shape index (κ2) is 18.6. The summed E-state index contributed by atoms with van der Waals surface area (Å²) < 4.78 is 17.7. The van der Waals surface area contributed by atoms with Gasteiger partial charge >= 0.3 is 0 Å². The van der Waals surface area contributed by atoms with E-state index in [-0.39, 0.29) is 65.0 Å². The molecule has 8 rings (SSSR count). The molecule has 2 aliphatic carbocycles. The van der Waals surface area contributed by atoms with Gasteiger partial charge < -0.3 is 78.0 Å². The smallest absolute Gasteiger partial charge is 0.253 e. The van der Waals surface area contributed by atoms with Crippen molar-refractivity contribution in [3.63, 3.8) is 0 Å². The van der Waals surface area contributed by atoms with Crippen molar-refractivity contribution in [2.45, 2.75) is 80.6 Å². The average Bonchev–Trinajstić information content (AvgIpc) is 3.63. The number of rotatable bonds is 13. The largest absolute Gasteiger partial charge is 0.507 e. The normalized spacial score (nSPS) is 28.4. The fourth-order valence-electron chi connectivity index (χ4n) is 9.92. The summed E-state index contributed by atoms with van der Waals surface area (Å²) in [7, 11) is 2.74. The van der Waals surface area contributed by atoms with Crippen LogP contribution >= 0.6 is 0 Å². The third kappa shape index (κ3) is 8.43. The van der Waals surface area contributed by atoms with Gasteiger partial charge in [-0.05, 0) is 66.5 Å². The number of allylic oxidation sites excluding steroid dienone is 3. The number of nitrogens with zero attached hydrogens (tertiary/aromatic N) is 2. The SMILES string of the molecule is CN=C(N)N[C@H]1CC[C@H](CC2=CNC(N)C=C2)c2cc3c(c(O)c21)C(=O)c1c(O[C@@H]2O[C@H](CO)[C@](O)(C[C@H](CN4C(=O)C=CC4=O)C4=CCNC(N)=C4)[C@H](O)[C@H]2O)cc(OC)c(CO)c1C3=O. The van der Waals surface area contributed by atoms with Gasteiger partial charge in [0, 0.05) is 72.7 Å². The number of amides is 2. The number of aliphatic imine (C=N–C) groups is 1. The quantitative estimate of drug-likeness (QED) is 0.0536. The Balaban J connectivity index is 1.16. The van der Waals surface area contributed by atoms with Gasteiger partial charge in [-0.2, -0.15) is 0 Å². The van der Waals surface area contributed by atoms with Crippen LogP contribution in [0.3, 0.4) is 0 Å². The topological polar surface area (TPSA) is 347 Å². The molecule has 0 radical (unpaired) electrons. The number of carbonyl (C=O) groups is 4. The summed E-state index contributed by atoms with van der Waals surface area (Å²) >= 11 is 0. The number of ketones is 2. The molecule has 0 bridgehead atoms. The molecule has 4 aliphatic heterocycles. The number of aromatic hydroxyl groups is 1. The van der Waals surface area contributed by atoms with Gasteiger partial charge in [0.2, 0.25) is 12.1 Å². The van der Waals surface area contributed by atoms with Gasteiger partial charge in [0.25, 0.3) is 11.8 Å². The number of nitrogens with two attached hydrogens (primary N) is 3. The van der Waals surface area contributed by atoms with Crippen LogP contribution in [0.1, 0.15) is 86.2 Å². The third-order valence-electron chi connectivity index (χ3n) is 13.3. The van der Waals surface area contributed by atoms with Gasteiger partial charge in [-0.25, -0.2) is 0 Å². The zero-order valence-corrected chi connectivity index (χ0v) is 36.6. The summed E-state index contributed by atoms with van der Waals surface area (Å²) in [6, 6.07) is 2.10. The monoisotopic (exact) mass is 926 g/mol. The molecule has 1 fully saturated rings. The summed E-state index contributed by atoms with van der Waals surface area (Å²) in [4.78, 5) is 60.2. The molecule has 2 aromatic rings. The Labute approximate surface area is 383 Å². The van der Waals surface area contributed by atoms with Crippen LogP contribution in [-0.2, 0) is 20.9 Å². The first-order valence-corrected chi connectivity index (χ1v) is 21.7. The van der Waals surface area contributed by atoms with E-state index >= 15 is 4.79 Å². The highest BCUT2D eigenvalue weighted by Gasteiger charge is 2.57. The fraction of sp³-hybridized carbons (Fsp3) is 0.413. The molecular weight excluding hydrogens is 873 g/mol. The van der Waals surface area contributed by atoms with Crippen molar-refractivity contribution in [1.29, 1.82) is 0 Å². The molecule has 0 aromatic heterocycles. The number of hydrogen-bond donors (Lipinski definition) is 12. The molecule has 67 heavy (non-hydrogen) atoms. The lowest BCUT2D eigenvalue weighted by molar-refractivity contribution is -0.316. The van der Waals surface area contributed by atoms with E-state index in [1.807, 2.05) is 6.08 Å². The van der Waals surface area contributed by atoms with Gasteiger partial charge in [0.05, 0.1) is 49.5 Å². The van der Waals surface area contributed by atoms with Crippen LogP contribution in [0.2, 0.25) is 0 Å². The van der Waals surface area contributed by atoms with E-state index in [0.717, 1.165) is 22.6 Å². The summed E-state index contributed by atoms with van der Waals surface area (Å²) in [6.45, 7) is -1.76. The number of aliphatic hydroxyl groups is 5. The number of hydrogen-bond acceptors (Lipinski definition) is 18. The van der Waals surface area contributed by atoms with Crippen LogP contribution < -0.4 is 42.6 Å². The van der Waals surface area contributed by atoms with Gasteiger partial charge in [-0.1, -0.05) is 12.2 Å². The molecule has 9 atom stereocenters. The molecule has 4 heterocycles. The number of guanidine groups is 1. The number of phenolic OH excluding ortho intramolecular Hbond substituents is 1. The van der Waals surface area contributed by atoms with Crippen LogP contribution in [0, 0.1) is 5.92 Å². The van der Waals surface area contributed by atoms with E-state index in [4.69, 9.17) is 31.4 Å². The van der Waals surface area contributed by atoms with Crippen molar-refractivity contribution in [3.05, 3.63) is 111 Å². The Kier molecular flexibility index (Phi) is 13.0. The van der Waals surface area contributed by atoms with Crippen molar-refractivity contribution in [3.8, 4) is 17.2 Å². The highest BCUT2D eigenvalue weighted by atomic mass is 16.7. The van der Waals surface area contributed by atoms with Crippen molar-refractivity contribution >= 4 is 29.3 Å². The molecular formula is C46H54N8O13. The molecule has 1 unspecified atom stereocenters. The molecule has 0 saturated carbocycles. The predicted molar refractivity (Wildman–Crippen MR) is 238 cm³/mol. The molecule has 2 aromatic carbocycles. The number of aliphatic hydroxyl groups excluding tert-OH is 4. The number of dihydropyridines is 2. The van der Waals surface area contributed by atoms with E-state index in [1.165, 1.54) is 26.3 Å². The number of methoxy groups -OCH3 is 1. The number of benzene rings is 2. The van der Waals surface area contributed by atoms with Gasteiger partial charge in [-0.3, -0.25) is 29.1 Å². The van der Waals surface area contributed by atoms with Crippen LogP contribution in [-0.4, -0.2) is 135 Å². The number of ether oxygens (including phenoxy) is 3. The van der Waals surface area contributed by atoms with Gasteiger partial charge in [-0.15, -0.1) is 0 Å². The zero-order chi connectivity index (χ0) is 48.1. The van der Waals surface area contributed by atoms with E-state index < -0.39 is 102 Å². The Morgan fingerprint density at radius 3 is 2.45 bits per heavy atom. The third-order valence-corrected chi connectivity index (χ3v) is 13.3. The molecule has 356 valence electrons. The Hall–Kier alpha value is -6.59. The van der Waals surface area contributed by atoms with E-state index in [0.29, 0.717) is 36.0 Å². The molecule has 21 heteroatoms. The lowest BCUT2D eigenvalue weighted by atomic mass is 9.72. The number of phenols is 1. The maximum atomic E-state index is 15.0. The Morgan fingerprint density at radius 2 is 1.81 bits per heavy atom. The van der Waals surface area contributed by atoms with Gasteiger partial charge in [0.15, 0.2) is 11.7 Å². The van der Waals surface area contributed by atoms with Crippen LogP contribution in [0.4, 0.5) is 0 Å². The summed E-state index contributed by atoms with van der Waals surface area (Å²) in [6.07, 6.45) is 3.66. The maximum absolute atomic E-state index is 15.0. The number of nitrogens with one attached hydrogen (secondary N) is 3.